The Hall–Kier alpha value is -2.74. The minimum absolute atomic E-state index is 0.0460. The molecule has 0 amide bonds. The van der Waals surface area contributed by atoms with Crippen molar-refractivity contribution in [2.45, 2.75) is 119 Å². The van der Waals surface area contributed by atoms with Gasteiger partial charge in [-0.1, -0.05) is 60.1 Å². The van der Waals surface area contributed by atoms with Crippen LogP contribution in [0.4, 0.5) is 5.69 Å². The number of aliphatic hydroxyl groups is 1. The van der Waals surface area contributed by atoms with Gasteiger partial charge in [0.2, 0.25) is 5.82 Å². The van der Waals surface area contributed by atoms with Gasteiger partial charge in [0.15, 0.2) is 0 Å². The summed E-state index contributed by atoms with van der Waals surface area (Å²) in [7, 11) is 0. The number of fused-ring (bicyclic) bond motifs is 7. The number of rotatable bonds is 7. The van der Waals surface area contributed by atoms with Crippen LogP contribution < -0.4 is 5.32 Å². The molecular formula is C40H59N5O3. The van der Waals surface area contributed by atoms with Gasteiger partial charge in [0.25, 0.3) is 0 Å². The van der Waals surface area contributed by atoms with Crippen LogP contribution in [0.2, 0.25) is 0 Å². The Labute approximate surface area is 287 Å². The number of benzene rings is 1. The molecule has 48 heavy (non-hydrogen) atoms. The summed E-state index contributed by atoms with van der Waals surface area (Å²) >= 11 is 0. The number of allylic oxidation sites excluding steroid dienone is 2. The standard InChI is InChI=1S/C40H59N5O3/c1-25-15-20-40(35(47)48-24-8-23-41-28-11-9-27(10-12-28)34-42-44-45-43-34)22-21-38(6)29(33(40)26(25)2)13-14-31-37(5)18-17-32(46)36(3,4)30(37)16-19-39(31,38)7/h9-13,25-26,30-33,41,46H,8,14-24H2,1-7H3,(H,42,43,44,45)/t25-,26+,30+,31-,32+,33+,37+,38-,39-,40+/m1/s1. The van der Waals surface area contributed by atoms with Crippen LogP contribution in [0.15, 0.2) is 35.9 Å². The fourth-order valence-electron chi connectivity index (χ4n) is 12.5. The van der Waals surface area contributed by atoms with Gasteiger partial charge in [-0.05, 0) is 145 Å². The molecule has 5 aliphatic rings. The van der Waals surface area contributed by atoms with Crippen LogP contribution in [0.5, 0.6) is 0 Å². The third-order valence-electron chi connectivity index (χ3n) is 15.7. The first-order valence-electron chi connectivity index (χ1n) is 18.9. The quantitative estimate of drug-likeness (QED) is 0.156. The lowest BCUT2D eigenvalue weighted by Gasteiger charge is -2.71. The van der Waals surface area contributed by atoms with E-state index in [-0.39, 0.29) is 39.7 Å². The van der Waals surface area contributed by atoms with Gasteiger partial charge in [0.05, 0.1) is 18.1 Å². The lowest BCUT2D eigenvalue weighted by atomic mass is 9.33. The molecule has 0 unspecified atom stereocenters. The Bertz CT molecular complexity index is 1520. The lowest BCUT2D eigenvalue weighted by Crippen LogP contribution is -2.65. The average Bonchev–Trinajstić information content (AvgIpc) is 3.60. The Kier molecular flexibility index (Phi) is 8.40. The van der Waals surface area contributed by atoms with Crippen molar-refractivity contribution >= 4 is 11.7 Å². The predicted molar refractivity (Wildman–Crippen MR) is 189 cm³/mol. The molecule has 8 nitrogen and oxygen atoms in total. The minimum atomic E-state index is -0.420. The summed E-state index contributed by atoms with van der Waals surface area (Å²) in [4.78, 5) is 14.4. The smallest absolute Gasteiger partial charge is 0.312 e. The number of anilines is 1. The number of aromatic amines is 1. The van der Waals surface area contributed by atoms with Crippen LogP contribution >= 0.6 is 0 Å². The predicted octanol–water partition coefficient (Wildman–Crippen LogP) is 8.23. The first-order chi connectivity index (χ1) is 22.8. The molecule has 4 fully saturated rings. The third-order valence-corrected chi connectivity index (χ3v) is 15.7. The number of tetrazole rings is 1. The normalized spacial score (nSPS) is 41.5. The number of ether oxygens (including phenoxy) is 1. The summed E-state index contributed by atoms with van der Waals surface area (Å²) in [6, 6.07) is 7.98. The average molecular weight is 658 g/mol. The van der Waals surface area contributed by atoms with Crippen molar-refractivity contribution in [3.8, 4) is 11.4 Å². The van der Waals surface area contributed by atoms with E-state index in [1.807, 2.05) is 24.3 Å². The van der Waals surface area contributed by atoms with Gasteiger partial charge in [0.1, 0.15) is 0 Å². The Balaban J connectivity index is 1.07. The topological polar surface area (TPSA) is 113 Å². The fourth-order valence-corrected chi connectivity index (χ4v) is 12.5. The molecule has 262 valence electrons. The number of hydrogen-bond acceptors (Lipinski definition) is 7. The van der Waals surface area contributed by atoms with Crippen molar-refractivity contribution in [3.63, 3.8) is 0 Å². The first-order valence-corrected chi connectivity index (χ1v) is 18.9. The van der Waals surface area contributed by atoms with Crippen LogP contribution in [0.25, 0.3) is 11.4 Å². The summed E-state index contributed by atoms with van der Waals surface area (Å²) in [6.45, 7) is 18.4. The van der Waals surface area contributed by atoms with Crippen molar-refractivity contribution < 1.29 is 14.6 Å². The maximum Gasteiger partial charge on any atom is 0.312 e. The van der Waals surface area contributed by atoms with E-state index in [9.17, 15) is 9.90 Å². The Morgan fingerprint density at radius 2 is 1.75 bits per heavy atom. The highest BCUT2D eigenvalue weighted by atomic mass is 16.5. The number of aromatic nitrogens is 4. The van der Waals surface area contributed by atoms with Gasteiger partial charge in [-0.25, -0.2) is 0 Å². The van der Waals surface area contributed by atoms with Crippen LogP contribution in [0, 0.1) is 56.7 Å². The van der Waals surface area contributed by atoms with E-state index < -0.39 is 5.41 Å². The molecule has 1 aromatic heterocycles. The second-order valence-electron chi connectivity index (χ2n) is 17.9. The third kappa shape index (κ3) is 4.92. The monoisotopic (exact) mass is 657 g/mol. The zero-order valence-electron chi connectivity index (χ0n) is 30.4. The van der Waals surface area contributed by atoms with Crippen LogP contribution in [-0.4, -0.2) is 51.0 Å². The van der Waals surface area contributed by atoms with Crippen molar-refractivity contribution in [2.75, 3.05) is 18.5 Å². The summed E-state index contributed by atoms with van der Waals surface area (Å²) in [6.07, 6.45) is 12.8. The number of nitrogens with one attached hydrogen (secondary N) is 2. The van der Waals surface area contributed by atoms with Gasteiger partial charge in [-0.3, -0.25) is 4.79 Å². The summed E-state index contributed by atoms with van der Waals surface area (Å²) < 4.78 is 6.24. The SMILES string of the molecule is C[C@H]1[C@H](C)CC[C@]2(C(=O)OCCCNc3ccc(-c4nn[nH]n4)cc3)CC[C@]3(C)C(=CC[C@@H]4[C@@]5(C)CC[C@H](O)C(C)(C)[C@@H]5CC[C@]43C)[C@H]12. The van der Waals surface area contributed by atoms with Crippen molar-refractivity contribution in [1.82, 2.24) is 20.6 Å². The van der Waals surface area contributed by atoms with Gasteiger partial charge in [-0.15, -0.1) is 10.2 Å². The second kappa shape index (κ2) is 11.9. The fraction of sp³-hybridized carbons (Fsp3) is 0.750. The maximum atomic E-state index is 14.4. The van der Waals surface area contributed by atoms with Crippen LogP contribution in [0.1, 0.15) is 113 Å². The molecule has 2 aromatic rings. The van der Waals surface area contributed by atoms with E-state index in [0.29, 0.717) is 36.1 Å². The molecule has 0 bridgehead atoms. The van der Waals surface area contributed by atoms with Crippen LogP contribution in [-0.2, 0) is 9.53 Å². The van der Waals surface area contributed by atoms with Gasteiger partial charge in [-0.2, -0.15) is 5.21 Å². The largest absolute Gasteiger partial charge is 0.465 e. The molecule has 0 aliphatic heterocycles. The highest BCUT2D eigenvalue weighted by Gasteiger charge is 2.69. The molecule has 10 atom stereocenters. The van der Waals surface area contributed by atoms with Gasteiger partial charge in [0, 0.05) is 17.8 Å². The number of esters is 1. The van der Waals surface area contributed by atoms with Crippen molar-refractivity contribution in [3.05, 3.63) is 35.9 Å². The number of hydrogen-bond donors (Lipinski definition) is 3. The van der Waals surface area contributed by atoms with E-state index in [1.165, 1.54) is 12.8 Å². The number of nitrogens with zero attached hydrogens (tertiary/aromatic N) is 3. The molecular weight excluding hydrogens is 598 g/mol. The van der Waals surface area contributed by atoms with Crippen LogP contribution in [0.3, 0.4) is 0 Å². The van der Waals surface area contributed by atoms with Crippen molar-refractivity contribution in [2.24, 2.45) is 56.7 Å². The number of carbonyl (C=O) groups is 1. The lowest BCUT2D eigenvalue weighted by molar-refractivity contribution is -0.207. The molecule has 7 rings (SSSR count). The Morgan fingerprint density at radius 3 is 2.48 bits per heavy atom. The highest BCUT2D eigenvalue weighted by Crippen LogP contribution is 2.75. The van der Waals surface area contributed by atoms with Gasteiger partial charge >= 0.3 is 5.97 Å². The van der Waals surface area contributed by atoms with E-state index in [0.717, 1.165) is 69.2 Å². The molecule has 3 N–H and O–H groups in total. The number of aliphatic hydroxyl groups excluding tert-OH is 1. The molecule has 8 heteroatoms. The molecule has 0 radical (unpaired) electrons. The van der Waals surface area contributed by atoms with E-state index >= 15 is 0 Å². The molecule has 1 heterocycles. The van der Waals surface area contributed by atoms with E-state index in [4.69, 9.17) is 4.74 Å². The van der Waals surface area contributed by atoms with E-state index in [2.05, 4.69) is 80.5 Å². The molecule has 1 aromatic carbocycles. The number of H-pyrrole nitrogens is 1. The van der Waals surface area contributed by atoms with Crippen molar-refractivity contribution in [1.29, 1.82) is 0 Å². The molecule has 5 aliphatic carbocycles. The summed E-state index contributed by atoms with van der Waals surface area (Å²) in [5.74, 6) is 3.05. The highest BCUT2D eigenvalue weighted by molar-refractivity contribution is 5.79. The zero-order chi connectivity index (χ0) is 34.1. The molecule has 0 saturated heterocycles. The maximum absolute atomic E-state index is 14.4. The van der Waals surface area contributed by atoms with Gasteiger partial charge < -0.3 is 15.2 Å². The minimum Gasteiger partial charge on any atom is -0.465 e. The summed E-state index contributed by atoms with van der Waals surface area (Å²) in [5.41, 5.74) is 3.54. The first kappa shape index (κ1) is 33.7. The second-order valence-corrected chi connectivity index (χ2v) is 17.9. The van der Waals surface area contributed by atoms with E-state index in [1.54, 1.807) is 5.57 Å². The molecule has 0 spiro atoms. The summed E-state index contributed by atoms with van der Waals surface area (Å²) in [5, 5.41) is 28.7. The Morgan fingerprint density at radius 1 is 0.979 bits per heavy atom. The zero-order valence-corrected chi connectivity index (χ0v) is 30.4. The molecule has 4 saturated carbocycles. The number of carbonyl (C=O) groups excluding carboxylic acids is 1.